The van der Waals surface area contributed by atoms with Crippen LogP contribution in [0, 0.1) is 10.1 Å². The Labute approximate surface area is 161 Å². The zero-order chi connectivity index (χ0) is 3.58. The fourth-order valence-electron chi connectivity index (χ4n) is 0. The van der Waals surface area contributed by atoms with Crippen molar-refractivity contribution in [1.29, 1.82) is 0 Å². The average Bonchev–Trinajstić information content (AvgIpc) is 0.811. The Morgan fingerprint density at radius 2 is 1.62 bits per heavy atom. The van der Waals surface area contributed by atoms with E-state index in [9.17, 15) is 0 Å². The van der Waals surface area contributed by atoms with Gasteiger partial charge in [-0.2, -0.15) is 0 Å². The zero-order valence-electron chi connectivity index (χ0n) is 10.4. The van der Waals surface area contributed by atoms with Gasteiger partial charge in [0.2, 0.25) is 0 Å². The predicted octanol–water partition coefficient (Wildman–Crippen LogP) is -9.15. The SMILES string of the molecule is O=[N+]([O-])O.[Ca+2].[H-].[H-].[H-].[H-].[H-].[K+].[Li+].[Na+]. The van der Waals surface area contributed by atoms with Crippen LogP contribution in [0.4, 0.5) is 0 Å². The molecule has 0 aromatic rings. The summed E-state index contributed by atoms with van der Waals surface area (Å²) < 4.78 is 0. The summed E-state index contributed by atoms with van der Waals surface area (Å²) in [4.78, 5) is 8.36. The molecule has 0 saturated carbocycles. The van der Waals surface area contributed by atoms with Crippen molar-refractivity contribution in [3.05, 3.63) is 10.1 Å². The van der Waals surface area contributed by atoms with Gasteiger partial charge >= 0.3 is 138 Å². The summed E-state index contributed by atoms with van der Waals surface area (Å²) in [6.07, 6.45) is 0. The number of nitrogens with zero attached hydrogens (tertiary/aromatic N) is 1. The Hall–Kier alpha value is 3.69. The van der Waals surface area contributed by atoms with Crippen LogP contribution < -0.4 is 99.8 Å². The molecule has 0 unspecified atom stereocenters. The van der Waals surface area contributed by atoms with E-state index in [4.69, 9.17) is 15.3 Å². The van der Waals surface area contributed by atoms with Crippen molar-refractivity contribution >= 4 is 37.7 Å². The van der Waals surface area contributed by atoms with E-state index in [0.717, 1.165) is 0 Å². The standard InChI is InChI=1S/Ca.K.Li.HNO3.Na.5H/c;;;2-1(3)4;;;;;;/h;;;(H,2,3,4);;;;;;/q+2;2*+1;;+1;5*-1. The molecule has 0 aliphatic rings. The average molecular weight is 177 g/mol. The Balaban J connectivity index is -0.00000000125. The van der Waals surface area contributed by atoms with Crippen molar-refractivity contribution < 1.29 is 117 Å². The van der Waals surface area contributed by atoms with Gasteiger partial charge in [0.15, 0.2) is 0 Å². The van der Waals surface area contributed by atoms with Gasteiger partial charge in [0.05, 0.1) is 0 Å². The fraction of sp³-hybridized carbons (Fsp3) is 0. The second kappa shape index (κ2) is 22.4. The molecule has 0 saturated heterocycles. The molecule has 0 aromatic heterocycles. The monoisotopic (exact) mass is 177 g/mol. The number of hydrogen-bond donors (Lipinski definition) is 1. The minimum atomic E-state index is -1.50. The minimum absolute atomic E-state index is 0. The van der Waals surface area contributed by atoms with Gasteiger partial charge in [0.25, 0.3) is 5.09 Å². The van der Waals surface area contributed by atoms with Crippen LogP contribution >= 0.6 is 0 Å². The summed E-state index contributed by atoms with van der Waals surface area (Å²) in [7, 11) is 0. The van der Waals surface area contributed by atoms with Gasteiger partial charge in [-0.25, -0.2) is 0 Å². The summed E-state index contributed by atoms with van der Waals surface area (Å²) in [6.45, 7) is 0. The molecule has 8 heavy (non-hydrogen) atoms. The van der Waals surface area contributed by atoms with Crippen molar-refractivity contribution in [3.8, 4) is 0 Å². The molecule has 0 bridgehead atoms. The van der Waals surface area contributed by atoms with E-state index in [1.54, 1.807) is 0 Å². The first kappa shape index (κ1) is 29.8. The summed E-state index contributed by atoms with van der Waals surface area (Å²) in [5.74, 6) is 0. The third-order valence-corrected chi connectivity index (χ3v) is 0. The maximum absolute atomic E-state index is 8.36. The number of hydrogen-bond acceptors (Lipinski definition) is 2. The molecule has 0 aliphatic heterocycles. The smallest absolute Gasteiger partial charge is 1.00 e. The third-order valence-electron chi connectivity index (χ3n) is 0. The van der Waals surface area contributed by atoms with Gasteiger partial charge in [0, 0.05) is 0 Å². The molecule has 0 spiro atoms. The molecule has 4 nitrogen and oxygen atoms in total. The van der Waals surface area contributed by atoms with Crippen LogP contribution in [0.25, 0.3) is 0 Å². The summed E-state index contributed by atoms with van der Waals surface area (Å²) in [6, 6.07) is 0. The predicted molar refractivity (Wildman–Crippen MR) is 20.1 cm³/mol. The first-order valence-corrected chi connectivity index (χ1v) is 0.565. The van der Waals surface area contributed by atoms with Crippen LogP contribution in [0.1, 0.15) is 7.13 Å². The molecular formula is H6CaKLiNNaO3. The van der Waals surface area contributed by atoms with Crippen molar-refractivity contribution in [1.82, 2.24) is 0 Å². The van der Waals surface area contributed by atoms with E-state index >= 15 is 0 Å². The molecule has 0 aromatic carbocycles. The molecule has 0 aliphatic carbocycles. The first-order valence-electron chi connectivity index (χ1n) is 0.565. The van der Waals surface area contributed by atoms with E-state index in [-0.39, 0.29) is 145 Å². The molecule has 0 rings (SSSR count). The fourth-order valence-corrected chi connectivity index (χ4v) is 0. The van der Waals surface area contributed by atoms with E-state index < -0.39 is 5.09 Å². The van der Waals surface area contributed by atoms with Crippen LogP contribution in [0.5, 0.6) is 0 Å². The van der Waals surface area contributed by atoms with Crippen molar-refractivity contribution in [2.24, 2.45) is 0 Å². The van der Waals surface area contributed by atoms with Crippen molar-refractivity contribution in [2.75, 3.05) is 0 Å². The quantitative estimate of drug-likeness (QED) is 0.227. The van der Waals surface area contributed by atoms with Gasteiger partial charge < -0.3 is 12.3 Å². The maximum atomic E-state index is 8.36. The van der Waals surface area contributed by atoms with Gasteiger partial charge in [0.1, 0.15) is 0 Å². The van der Waals surface area contributed by atoms with E-state index in [1.165, 1.54) is 0 Å². The van der Waals surface area contributed by atoms with Crippen LogP contribution in [0.15, 0.2) is 0 Å². The topological polar surface area (TPSA) is 63.4 Å². The minimum Gasteiger partial charge on any atom is -1.00 e. The third kappa shape index (κ3) is 53.7. The Morgan fingerprint density at radius 3 is 1.62 bits per heavy atom. The Morgan fingerprint density at radius 1 is 1.62 bits per heavy atom. The normalized spacial score (nSPS) is 3.00. The second-order valence-electron chi connectivity index (χ2n) is 0.238. The first-order chi connectivity index (χ1) is 1.73. The van der Waals surface area contributed by atoms with Crippen molar-refractivity contribution in [2.45, 2.75) is 0 Å². The molecule has 1 N–H and O–H groups in total. The van der Waals surface area contributed by atoms with E-state index in [0.29, 0.717) is 0 Å². The molecule has 34 valence electrons. The largest absolute Gasteiger partial charge is 2.00 e. The summed E-state index contributed by atoms with van der Waals surface area (Å²) in [5, 5.41) is 13.6. The molecule has 8 heteroatoms. The maximum Gasteiger partial charge on any atom is 2.00 e. The van der Waals surface area contributed by atoms with E-state index in [1.807, 2.05) is 0 Å². The van der Waals surface area contributed by atoms with E-state index in [2.05, 4.69) is 0 Å². The molecular weight excluding hydrogens is 171 g/mol. The molecule has 0 atom stereocenters. The second-order valence-corrected chi connectivity index (χ2v) is 0.238. The van der Waals surface area contributed by atoms with Crippen LogP contribution in [-0.4, -0.2) is 48.0 Å². The molecule has 0 radical (unpaired) electrons. The van der Waals surface area contributed by atoms with Crippen molar-refractivity contribution in [3.63, 3.8) is 0 Å². The molecule has 0 fully saturated rings. The van der Waals surface area contributed by atoms with Gasteiger partial charge in [-0.1, -0.05) is 0 Å². The molecule has 0 heterocycles. The zero-order valence-corrected chi connectivity index (χ0v) is 12.7. The Bertz CT molecular complexity index is 54.8. The Kier molecular flexibility index (Phi) is 83.7. The molecule has 0 amide bonds. The van der Waals surface area contributed by atoms with Gasteiger partial charge in [-0.15, -0.1) is 10.1 Å². The van der Waals surface area contributed by atoms with Crippen LogP contribution in [0.3, 0.4) is 0 Å². The summed E-state index contributed by atoms with van der Waals surface area (Å²) in [5.41, 5.74) is 0. The number of rotatable bonds is 0. The summed E-state index contributed by atoms with van der Waals surface area (Å²) >= 11 is 0. The van der Waals surface area contributed by atoms with Gasteiger partial charge in [-0.05, 0) is 0 Å². The van der Waals surface area contributed by atoms with Crippen LogP contribution in [0.2, 0.25) is 0 Å². The van der Waals surface area contributed by atoms with Gasteiger partial charge in [-0.3, -0.25) is 0 Å². The van der Waals surface area contributed by atoms with Crippen LogP contribution in [-0.2, 0) is 0 Å².